The highest BCUT2D eigenvalue weighted by molar-refractivity contribution is 7.55. The fourth-order valence-electron chi connectivity index (χ4n) is 3.46. The molecule has 166 valence electrons. The van der Waals surface area contributed by atoms with Gasteiger partial charge in [-0.2, -0.15) is 0 Å². The van der Waals surface area contributed by atoms with Crippen LogP contribution in [0.1, 0.15) is 25.3 Å². The van der Waals surface area contributed by atoms with Gasteiger partial charge in [-0.25, -0.2) is 4.79 Å². The second kappa shape index (κ2) is 10.1. The van der Waals surface area contributed by atoms with Crippen molar-refractivity contribution in [1.82, 2.24) is 4.90 Å². The van der Waals surface area contributed by atoms with E-state index in [0.717, 1.165) is 19.1 Å². The topological polar surface area (TPSA) is 146 Å². The van der Waals surface area contributed by atoms with E-state index >= 15 is 0 Å². The average molecular weight is 444 g/mol. The molecule has 1 aromatic rings. The third kappa shape index (κ3) is 4.70. The van der Waals surface area contributed by atoms with Crippen molar-refractivity contribution in [2.75, 3.05) is 20.8 Å². The van der Waals surface area contributed by atoms with Gasteiger partial charge >= 0.3 is 13.6 Å². The smallest absolute Gasteiger partial charge is 0.364 e. The molecule has 11 nitrogen and oxygen atoms in total. The quantitative estimate of drug-likeness (QED) is 0.178. The second-order valence-corrected chi connectivity index (χ2v) is 8.95. The lowest BCUT2D eigenvalue weighted by Gasteiger charge is -2.50. The Kier molecular flexibility index (Phi) is 8.08. The number of carbonyl (C=O) groups is 2. The molecule has 1 fully saturated rings. The van der Waals surface area contributed by atoms with E-state index in [4.69, 9.17) is 13.8 Å². The van der Waals surface area contributed by atoms with Gasteiger partial charge in [0.1, 0.15) is 6.61 Å². The van der Waals surface area contributed by atoms with Gasteiger partial charge in [-0.15, -0.1) is 0 Å². The highest BCUT2D eigenvalue weighted by Gasteiger charge is 2.58. The molecule has 1 amide bonds. The minimum atomic E-state index is -4.09. The maximum atomic E-state index is 13.1. The minimum absolute atomic E-state index is 0.116. The molecule has 1 N–H and O–H groups in total. The molecule has 1 aromatic carbocycles. The van der Waals surface area contributed by atoms with Crippen LogP contribution in [0.4, 0.5) is 5.69 Å². The maximum Gasteiger partial charge on any atom is 0.364 e. The lowest BCUT2D eigenvalue weighted by Crippen LogP contribution is -2.66. The summed E-state index contributed by atoms with van der Waals surface area (Å²) < 4.78 is 28.2. The normalized spacial score (nSPS) is 19.9. The number of rotatable bonds is 11. The van der Waals surface area contributed by atoms with Crippen LogP contribution < -0.4 is 0 Å². The van der Waals surface area contributed by atoms with Crippen molar-refractivity contribution in [2.24, 2.45) is 5.92 Å². The number of nitrogens with zero attached hydrogens (tertiary/aromatic N) is 2. The third-order valence-corrected chi connectivity index (χ3v) is 7.15. The van der Waals surface area contributed by atoms with Crippen molar-refractivity contribution in [3.8, 4) is 0 Å². The van der Waals surface area contributed by atoms with Gasteiger partial charge in [0.05, 0.1) is 10.8 Å². The lowest BCUT2D eigenvalue weighted by molar-refractivity contribution is -0.384. The van der Waals surface area contributed by atoms with E-state index in [9.17, 15) is 29.4 Å². The Morgan fingerprint density at radius 3 is 2.37 bits per heavy atom. The predicted octanol–water partition coefficient (Wildman–Crippen LogP) is 2.07. The Morgan fingerprint density at radius 1 is 1.30 bits per heavy atom. The zero-order chi connectivity index (χ0) is 22.5. The molecule has 1 unspecified atom stereocenters. The number of aliphatic hydroxyl groups is 1. The fourth-order valence-corrected chi connectivity index (χ4v) is 4.94. The summed E-state index contributed by atoms with van der Waals surface area (Å²) in [5.74, 6) is -3.43. The summed E-state index contributed by atoms with van der Waals surface area (Å²) in [6, 6.07) is 4.85. The number of nitro benzene ring substituents is 1. The van der Waals surface area contributed by atoms with Gasteiger partial charge in [0.15, 0.2) is 0 Å². The summed E-state index contributed by atoms with van der Waals surface area (Å²) in [6.07, 6.45) is 0.693. The number of hydrogen-bond donors (Lipinski definition) is 1. The summed E-state index contributed by atoms with van der Waals surface area (Å²) >= 11 is 0. The molecule has 0 radical (unpaired) electrons. The Bertz CT molecular complexity index is 821. The first-order valence-corrected chi connectivity index (χ1v) is 10.9. The van der Waals surface area contributed by atoms with Crippen molar-refractivity contribution in [3.63, 3.8) is 0 Å². The SMILES string of the molecule is CC[C@H]1C(=O)N(C(C(=O)OCc2ccc([N+](=O)[O-])cc2)P(=O)(OC)OC)[C@@H]1CCO. The van der Waals surface area contributed by atoms with Crippen molar-refractivity contribution in [2.45, 2.75) is 38.2 Å². The first-order valence-electron chi connectivity index (χ1n) is 9.28. The van der Waals surface area contributed by atoms with Gasteiger partial charge in [-0.05, 0) is 30.5 Å². The molecule has 3 atom stereocenters. The van der Waals surface area contributed by atoms with Crippen LogP contribution >= 0.6 is 7.60 Å². The molecule has 0 aromatic heterocycles. The predicted molar refractivity (Wildman–Crippen MR) is 104 cm³/mol. The number of esters is 1. The molecule has 1 saturated heterocycles. The van der Waals surface area contributed by atoms with Crippen LogP contribution in [0.2, 0.25) is 0 Å². The molecule has 1 aliphatic heterocycles. The first-order chi connectivity index (χ1) is 14.2. The lowest BCUT2D eigenvalue weighted by atomic mass is 9.83. The number of β-lactam (4-membered cyclic amide) rings is 1. The summed E-state index contributed by atoms with van der Waals surface area (Å²) in [6.45, 7) is 1.32. The van der Waals surface area contributed by atoms with Gasteiger partial charge in [0, 0.05) is 39.0 Å². The van der Waals surface area contributed by atoms with E-state index in [1.54, 1.807) is 6.92 Å². The molecule has 1 aliphatic rings. The van der Waals surface area contributed by atoms with Crippen LogP contribution in [-0.4, -0.2) is 59.5 Å². The Morgan fingerprint density at radius 2 is 1.90 bits per heavy atom. The summed E-state index contributed by atoms with van der Waals surface area (Å²) in [5.41, 5.74) is 0.348. The first kappa shape index (κ1) is 23.9. The number of benzene rings is 1. The van der Waals surface area contributed by atoms with Gasteiger partial charge in [-0.3, -0.25) is 19.5 Å². The zero-order valence-electron chi connectivity index (χ0n) is 16.9. The summed E-state index contributed by atoms with van der Waals surface area (Å²) in [5, 5.41) is 20.1. The molecule has 2 rings (SSSR count). The largest absolute Gasteiger partial charge is 0.459 e. The van der Waals surface area contributed by atoms with Gasteiger partial charge in [0.25, 0.3) is 5.69 Å². The summed E-state index contributed by atoms with van der Waals surface area (Å²) in [4.78, 5) is 36.8. The van der Waals surface area contributed by atoms with Gasteiger partial charge in [0.2, 0.25) is 11.7 Å². The number of likely N-dealkylation sites (tertiary alicyclic amines) is 1. The maximum absolute atomic E-state index is 13.1. The number of nitro groups is 1. The van der Waals surface area contributed by atoms with Gasteiger partial charge in [-0.1, -0.05) is 6.92 Å². The Balaban J connectivity index is 2.24. The fraction of sp³-hybridized carbons (Fsp3) is 0.556. The van der Waals surface area contributed by atoms with E-state index in [1.165, 1.54) is 24.3 Å². The van der Waals surface area contributed by atoms with Crippen LogP contribution in [0.5, 0.6) is 0 Å². The van der Waals surface area contributed by atoms with Gasteiger partial charge < -0.3 is 23.8 Å². The standard InChI is InChI=1S/C18H25N2O9P/c1-4-14-15(9-10-21)19(16(14)22)17(30(26,27-2)28-3)18(23)29-11-12-5-7-13(8-6-12)20(24)25/h5-8,14-15,17,21H,4,9-11H2,1-3H3/t14-,15-,17?/m1/s1. The molecule has 12 heteroatoms. The Hall–Kier alpha value is -2.33. The molecular weight excluding hydrogens is 419 g/mol. The molecule has 1 heterocycles. The minimum Gasteiger partial charge on any atom is -0.459 e. The molecule has 30 heavy (non-hydrogen) atoms. The van der Waals surface area contributed by atoms with Crippen LogP contribution in [-0.2, 0) is 34.5 Å². The Labute approximate surface area is 173 Å². The number of aliphatic hydroxyl groups excluding tert-OH is 1. The number of non-ortho nitro benzene ring substituents is 1. The van der Waals surface area contributed by atoms with E-state index in [0.29, 0.717) is 12.0 Å². The highest BCUT2D eigenvalue weighted by Crippen LogP contribution is 2.56. The number of carbonyl (C=O) groups excluding carboxylic acids is 2. The van der Waals surface area contributed by atoms with Crippen molar-refractivity contribution >= 4 is 25.2 Å². The second-order valence-electron chi connectivity index (χ2n) is 6.65. The van der Waals surface area contributed by atoms with Crippen molar-refractivity contribution < 1.29 is 38.0 Å². The van der Waals surface area contributed by atoms with Crippen LogP contribution in [0.15, 0.2) is 24.3 Å². The number of amides is 1. The molecular formula is C18H25N2O9P. The molecule has 0 spiro atoms. The van der Waals surface area contributed by atoms with E-state index in [1.807, 2.05) is 0 Å². The monoisotopic (exact) mass is 444 g/mol. The molecule has 0 saturated carbocycles. The highest BCUT2D eigenvalue weighted by atomic mass is 31.2. The number of hydrogen-bond acceptors (Lipinski definition) is 9. The van der Waals surface area contributed by atoms with Crippen LogP contribution in [0.25, 0.3) is 0 Å². The van der Waals surface area contributed by atoms with E-state index in [2.05, 4.69) is 0 Å². The van der Waals surface area contributed by atoms with E-state index < -0.39 is 42.1 Å². The molecule has 0 bridgehead atoms. The zero-order valence-corrected chi connectivity index (χ0v) is 17.8. The van der Waals surface area contributed by atoms with E-state index in [-0.39, 0.29) is 25.3 Å². The third-order valence-electron chi connectivity index (χ3n) is 5.07. The molecule has 0 aliphatic carbocycles. The van der Waals surface area contributed by atoms with Crippen LogP contribution in [0.3, 0.4) is 0 Å². The average Bonchev–Trinajstić information content (AvgIpc) is 2.75. The summed E-state index contributed by atoms with van der Waals surface area (Å²) in [7, 11) is -1.89. The van der Waals surface area contributed by atoms with Crippen molar-refractivity contribution in [1.29, 1.82) is 0 Å². The number of ether oxygens (including phenoxy) is 1. The van der Waals surface area contributed by atoms with Crippen LogP contribution in [0, 0.1) is 16.0 Å². The van der Waals surface area contributed by atoms with Crippen molar-refractivity contribution in [3.05, 3.63) is 39.9 Å².